The number of fused-ring (bicyclic) bond motifs is 1. The number of aromatic hydroxyl groups is 1. The fraction of sp³-hybridized carbons (Fsp3) is 0.480. The highest BCUT2D eigenvalue weighted by molar-refractivity contribution is 7.16. The number of phenolic OH excluding ortho intramolecular Hbond substituents is 1. The maximum atomic E-state index is 11.7. The Kier molecular flexibility index (Phi) is 7.82. The van der Waals surface area contributed by atoms with Gasteiger partial charge in [0.15, 0.2) is 0 Å². The summed E-state index contributed by atoms with van der Waals surface area (Å²) in [6.45, 7) is 3.88. The van der Waals surface area contributed by atoms with Crippen molar-refractivity contribution >= 4 is 21.6 Å². The summed E-state index contributed by atoms with van der Waals surface area (Å²) in [7, 11) is 0. The quantitative estimate of drug-likeness (QED) is 0.307. The highest BCUT2D eigenvalue weighted by Gasteiger charge is 2.25. The van der Waals surface area contributed by atoms with E-state index >= 15 is 0 Å². The van der Waals surface area contributed by atoms with E-state index in [1.165, 1.54) is 50.4 Å². The Labute approximate surface area is 197 Å². The monoisotopic (exact) mass is 471 g/mol. The van der Waals surface area contributed by atoms with Crippen LogP contribution in [-0.2, 0) is 19.3 Å². The standard InChI is InChI=1S/C25H33N3O4S/c29-21-9-8-20(23-22(21)27-24(30)33-23)17-25(31,32)26-12-10-18-6-5-7-19(16-18)11-15-28-13-3-1-2-4-14-28/h5-9,16,26,29,31-32H,1-4,10-15,17H2,(H,27,30). The number of nitrogens with zero attached hydrogens (tertiary/aromatic N) is 1. The molecule has 1 fully saturated rings. The van der Waals surface area contributed by atoms with E-state index < -0.39 is 5.91 Å². The van der Waals surface area contributed by atoms with Crippen molar-refractivity contribution in [1.82, 2.24) is 15.2 Å². The van der Waals surface area contributed by atoms with Gasteiger partial charge in [-0.05, 0) is 61.5 Å². The van der Waals surface area contributed by atoms with Crippen molar-refractivity contribution in [2.75, 3.05) is 26.2 Å². The summed E-state index contributed by atoms with van der Waals surface area (Å²) in [6, 6.07) is 11.6. The van der Waals surface area contributed by atoms with Crippen LogP contribution >= 0.6 is 11.3 Å². The third-order valence-corrected chi connectivity index (χ3v) is 7.26. The van der Waals surface area contributed by atoms with E-state index in [2.05, 4.69) is 39.5 Å². The predicted octanol–water partition coefficient (Wildman–Crippen LogP) is 2.73. The van der Waals surface area contributed by atoms with Gasteiger partial charge in [0.1, 0.15) is 11.3 Å². The van der Waals surface area contributed by atoms with Crippen LogP contribution in [0.1, 0.15) is 42.4 Å². The average Bonchev–Trinajstić information content (AvgIpc) is 3.00. The summed E-state index contributed by atoms with van der Waals surface area (Å²) in [5.74, 6) is -2.15. The molecule has 1 aromatic heterocycles. The molecule has 0 amide bonds. The molecule has 0 bridgehead atoms. The summed E-state index contributed by atoms with van der Waals surface area (Å²) >= 11 is 0.947. The van der Waals surface area contributed by atoms with Crippen molar-refractivity contribution in [3.05, 3.63) is 62.8 Å². The lowest BCUT2D eigenvalue weighted by molar-refractivity contribution is -0.183. The molecule has 5 N–H and O–H groups in total. The smallest absolute Gasteiger partial charge is 0.305 e. The number of nitrogens with one attached hydrogen (secondary N) is 2. The van der Waals surface area contributed by atoms with Crippen molar-refractivity contribution in [2.24, 2.45) is 0 Å². The SMILES string of the molecule is O=c1[nH]c2c(O)ccc(CC(O)(O)NCCc3cccc(CCN4CCCCCC4)c3)c2s1. The first-order valence-electron chi connectivity index (χ1n) is 11.7. The van der Waals surface area contributed by atoms with Crippen LogP contribution in [0.5, 0.6) is 5.75 Å². The van der Waals surface area contributed by atoms with Crippen LogP contribution in [0.3, 0.4) is 0 Å². The first kappa shape index (κ1) is 23.9. The second-order valence-corrected chi connectivity index (χ2v) is 9.94. The minimum atomic E-state index is -2.12. The lowest BCUT2D eigenvalue weighted by Crippen LogP contribution is -2.47. The summed E-state index contributed by atoms with van der Waals surface area (Å²) in [5.41, 5.74) is 3.38. The van der Waals surface area contributed by atoms with Gasteiger partial charge in [-0.25, -0.2) is 0 Å². The first-order chi connectivity index (χ1) is 15.9. The van der Waals surface area contributed by atoms with E-state index in [-0.39, 0.29) is 17.0 Å². The van der Waals surface area contributed by atoms with Crippen molar-refractivity contribution in [3.8, 4) is 5.75 Å². The minimum Gasteiger partial charge on any atom is -0.506 e. The number of H-pyrrole nitrogens is 1. The van der Waals surface area contributed by atoms with Gasteiger partial charge < -0.3 is 25.2 Å². The number of likely N-dealkylation sites (tertiary alicyclic amines) is 1. The number of rotatable bonds is 9. The van der Waals surface area contributed by atoms with E-state index in [1.54, 1.807) is 6.07 Å². The zero-order chi connectivity index (χ0) is 23.3. The second-order valence-electron chi connectivity index (χ2n) is 8.96. The van der Waals surface area contributed by atoms with Crippen molar-refractivity contribution < 1.29 is 15.3 Å². The molecule has 0 aliphatic carbocycles. The predicted molar refractivity (Wildman–Crippen MR) is 132 cm³/mol. The number of hydrogen-bond acceptors (Lipinski definition) is 7. The van der Waals surface area contributed by atoms with Crippen LogP contribution in [0.25, 0.3) is 10.2 Å². The largest absolute Gasteiger partial charge is 0.506 e. The molecule has 0 radical (unpaired) electrons. The topological polar surface area (TPSA) is 109 Å². The van der Waals surface area contributed by atoms with Crippen LogP contribution in [-0.4, -0.2) is 57.3 Å². The molecule has 3 aromatic rings. The lowest BCUT2D eigenvalue weighted by Gasteiger charge is -2.23. The Balaban J connectivity index is 1.30. The molecular weight excluding hydrogens is 438 g/mol. The molecule has 8 heteroatoms. The fourth-order valence-electron chi connectivity index (χ4n) is 4.54. The molecule has 0 spiro atoms. The maximum Gasteiger partial charge on any atom is 0.305 e. The molecule has 4 rings (SSSR count). The minimum absolute atomic E-state index is 0.0303. The zero-order valence-electron chi connectivity index (χ0n) is 18.8. The molecule has 1 aliphatic heterocycles. The maximum absolute atomic E-state index is 11.7. The van der Waals surface area contributed by atoms with Crippen LogP contribution in [0.4, 0.5) is 0 Å². The van der Waals surface area contributed by atoms with Gasteiger partial charge in [0.2, 0.25) is 5.91 Å². The van der Waals surface area contributed by atoms with Crippen LogP contribution in [0.15, 0.2) is 41.2 Å². The van der Waals surface area contributed by atoms with Gasteiger partial charge in [0.25, 0.3) is 0 Å². The normalized spacial score (nSPS) is 15.7. The average molecular weight is 472 g/mol. The molecule has 7 nitrogen and oxygen atoms in total. The molecular formula is C25H33N3O4S. The summed E-state index contributed by atoms with van der Waals surface area (Å²) in [4.78, 5) is 16.5. The fourth-order valence-corrected chi connectivity index (χ4v) is 5.40. The Morgan fingerprint density at radius 2 is 1.76 bits per heavy atom. The van der Waals surface area contributed by atoms with E-state index in [1.807, 2.05) is 0 Å². The van der Waals surface area contributed by atoms with Crippen LogP contribution in [0, 0.1) is 0 Å². The molecule has 1 saturated heterocycles. The molecule has 178 valence electrons. The summed E-state index contributed by atoms with van der Waals surface area (Å²) in [6.07, 6.45) is 6.89. The van der Waals surface area contributed by atoms with Crippen molar-refractivity contribution in [3.63, 3.8) is 0 Å². The molecule has 2 aromatic carbocycles. The third kappa shape index (κ3) is 6.65. The van der Waals surface area contributed by atoms with Gasteiger partial charge in [0, 0.05) is 19.5 Å². The Morgan fingerprint density at radius 3 is 2.52 bits per heavy atom. The van der Waals surface area contributed by atoms with Gasteiger partial charge >= 0.3 is 4.87 Å². The van der Waals surface area contributed by atoms with E-state index in [9.17, 15) is 20.1 Å². The number of thiazole rings is 1. The molecule has 2 heterocycles. The number of phenols is 1. The Bertz CT molecular complexity index is 1120. The second kappa shape index (κ2) is 10.8. The number of aliphatic hydroxyl groups is 2. The molecule has 33 heavy (non-hydrogen) atoms. The van der Waals surface area contributed by atoms with Crippen molar-refractivity contribution in [2.45, 2.75) is 50.9 Å². The molecule has 0 unspecified atom stereocenters. The third-order valence-electron chi connectivity index (χ3n) is 6.30. The van der Waals surface area contributed by atoms with Crippen molar-refractivity contribution in [1.29, 1.82) is 0 Å². The van der Waals surface area contributed by atoms with Gasteiger partial charge in [-0.3, -0.25) is 10.1 Å². The molecule has 0 saturated carbocycles. The van der Waals surface area contributed by atoms with Gasteiger partial charge in [-0.15, -0.1) is 0 Å². The van der Waals surface area contributed by atoms with Gasteiger partial charge in [0.05, 0.1) is 4.70 Å². The van der Waals surface area contributed by atoms with Gasteiger partial charge in [-0.1, -0.05) is 54.5 Å². The van der Waals surface area contributed by atoms with Gasteiger partial charge in [-0.2, -0.15) is 0 Å². The number of benzene rings is 2. The number of aromatic nitrogens is 1. The first-order valence-corrected chi connectivity index (χ1v) is 12.5. The lowest BCUT2D eigenvalue weighted by atomic mass is 10.0. The summed E-state index contributed by atoms with van der Waals surface area (Å²) in [5, 5.41) is 33.7. The highest BCUT2D eigenvalue weighted by Crippen LogP contribution is 2.29. The Morgan fingerprint density at radius 1 is 1.03 bits per heavy atom. The number of aromatic amines is 1. The van der Waals surface area contributed by atoms with Crippen LogP contribution in [0.2, 0.25) is 0 Å². The zero-order valence-corrected chi connectivity index (χ0v) is 19.7. The highest BCUT2D eigenvalue weighted by atomic mass is 32.1. The van der Waals surface area contributed by atoms with Crippen LogP contribution < -0.4 is 10.2 Å². The van der Waals surface area contributed by atoms with E-state index in [0.29, 0.717) is 28.7 Å². The van der Waals surface area contributed by atoms with E-state index in [4.69, 9.17) is 0 Å². The summed E-state index contributed by atoms with van der Waals surface area (Å²) < 4.78 is 0.534. The number of hydrogen-bond donors (Lipinski definition) is 5. The Hall–Kier alpha value is -2.23. The molecule has 0 atom stereocenters. The molecule has 1 aliphatic rings. The van der Waals surface area contributed by atoms with E-state index in [0.717, 1.165) is 29.9 Å².